The van der Waals surface area contributed by atoms with Gasteiger partial charge in [0.2, 0.25) is 5.91 Å². The van der Waals surface area contributed by atoms with Crippen LogP contribution in [0.4, 0.5) is 0 Å². The average molecular weight is 731 g/mol. The van der Waals surface area contributed by atoms with Crippen molar-refractivity contribution in [2.75, 3.05) is 0 Å². The SMILES string of the molecule is CCCCCCCCCCCCCCCCCCCCCCC(CCCCCCCCCCCCCCCCCCCCCC)C(N)(O)O.Cl. The van der Waals surface area contributed by atoms with E-state index in [-0.39, 0.29) is 18.3 Å². The quantitative estimate of drug-likeness (QED) is 0.0432. The summed E-state index contributed by atoms with van der Waals surface area (Å²) in [6.45, 7) is 4.59. The highest BCUT2D eigenvalue weighted by atomic mass is 35.5. The van der Waals surface area contributed by atoms with Crippen molar-refractivity contribution in [3.05, 3.63) is 0 Å². The van der Waals surface area contributed by atoms with Crippen molar-refractivity contribution in [3.63, 3.8) is 0 Å². The molecule has 0 saturated heterocycles. The number of halogens is 1. The van der Waals surface area contributed by atoms with Crippen LogP contribution in [0.15, 0.2) is 0 Å². The topological polar surface area (TPSA) is 66.5 Å². The molecule has 0 bridgehead atoms. The first-order valence-electron chi connectivity index (χ1n) is 23.3. The maximum Gasteiger partial charge on any atom is 0.222 e. The van der Waals surface area contributed by atoms with Crippen LogP contribution < -0.4 is 5.73 Å². The van der Waals surface area contributed by atoms with Gasteiger partial charge in [-0.1, -0.05) is 271 Å². The Morgan fingerprint density at radius 3 is 0.580 bits per heavy atom. The molecule has 0 heterocycles. The summed E-state index contributed by atoms with van der Waals surface area (Å²) < 4.78 is 0. The molecular formula is C46H96ClNO2. The predicted octanol–water partition coefficient (Wildman–Crippen LogP) is 16.0. The van der Waals surface area contributed by atoms with Gasteiger partial charge in [0.15, 0.2) is 0 Å². The molecule has 0 atom stereocenters. The number of rotatable bonds is 43. The van der Waals surface area contributed by atoms with E-state index in [9.17, 15) is 10.2 Å². The minimum atomic E-state index is -2.01. The second kappa shape index (κ2) is 43.6. The first-order valence-corrected chi connectivity index (χ1v) is 23.3. The lowest BCUT2D eigenvalue weighted by atomic mass is 9.91. The van der Waals surface area contributed by atoms with Crippen molar-refractivity contribution < 1.29 is 10.2 Å². The lowest BCUT2D eigenvalue weighted by Gasteiger charge is -2.27. The Morgan fingerprint density at radius 2 is 0.440 bits per heavy atom. The van der Waals surface area contributed by atoms with Crippen molar-refractivity contribution in [2.45, 2.75) is 289 Å². The lowest BCUT2D eigenvalue weighted by Crippen LogP contribution is -2.47. The third kappa shape index (κ3) is 42.6. The van der Waals surface area contributed by atoms with Crippen LogP contribution in [0.3, 0.4) is 0 Å². The van der Waals surface area contributed by atoms with Crippen molar-refractivity contribution in [1.82, 2.24) is 0 Å². The molecule has 0 rings (SSSR count). The Hall–Kier alpha value is 0.170. The maximum absolute atomic E-state index is 10.1. The van der Waals surface area contributed by atoms with Crippen LogP contribution in [0.25, 0.3) is 0 Å². The molecule has 0 aromatic rings. The van der Waals surface area contributed by atoms with E-state index in [0.29, 0.717) is 0 Å². The monoisotopic (exact) mass is 730 g/mol. The summed E-state index contributed by atoms with van der Waals surface area (Å²) in [5.74, 6) is -2.19. The zero-order valence-corrected chi connectivity index (χ0v) is 35.5. The zero-order valence-electron chi connectivity index (χ0n) is 34.7. The van der Waals surface area contributed by atoms with Crippen molar-refractivity contribution in [1.29, 1.82) is 0 Å². The molecule has 0 amide bonds. The summed E-state index contributed by atoms with van der Waals surface area (Å²) in [7, 11) is 0. The largest absolute Gasteiger partial charge is 0.353 e. The molecule has 50 heavy (non-hydrogen) atoms. The van der Waals surface area contributed by atoms with Crippen molar-refractivity contribution >= 4 is 12.4 Å². The zero-order chi connectivity index (χ0) is 35.8. The minimum absolute atomic E-state index is 0. The Morgan fingerprint density at radius 1 is 0.300 bits per heavy atom. The second-order valence-electron chi connectivity index (χ2n) is 16.5. The first kappa shape index (κ1) is 52.3. The molecule has 0 radical (unpaired) electrons. The molecule has 0 aliphatic carbocycles. The van der Waals surface area contributed by atoms with Crippen molar-refractivity contribution in [2.24, 2.45) is 11.7 Å². The van der Waals surface area contributed by atoms with Gasteiger partial charge in [0.05, 0.1) is 0 Å². The normalized spacial score (nSPS) is 11.9. The molecule has 4 heteroatoms. The van der Waals surface area contributed by atoms with E-state index in [0.717, 1.165) is 25.7 Å². The number of hydrogen-bond acceptors (Lipinski definition) is 3. The van der Waals surface area contributed by atoms with E-state index in [1.165, 1.54) is 244 Å². The minimum Gasteiger partial charge on any atom is -0.353 e. The molecule has 4 N–H and O–H groups in total. The predicted molar refractivity (Wildman–Crippen MR) is 227 cm³/mol. The number of aliphatic hydroxyl groups is 2. The summed E-state index contributed by atoms with van der Waals surface area (Å²) in [6.07, 6.45) is 57.2. The average Bonchev–Trinajstić information content (AvgIpc) is 3.08. The smallest absolute Gasteiger partial charge is 0.222 e. The third-order valence-electron chi connectivity index (χ3n) is 11.4. The molecule has 0 aromatic heterocycles. The molecule has 0 spiro atoms. The van der Waals surface area contributed by atoms with Crippen LogP contribution in [0.5, 0.6) is 0 Å². The Labute approximate surface area is 322 Å². The van der Waals surface area contributed by atoms with Gasteiger partial charge in [-0.05, 0) is 12.8 Å². The maximum atomic E-state index is 10.1. The lowest BCUT2D eigenvalue weighted by molar-refractivity contribution is -0.199. The number of hydrogen-bond donors (Lipinski definition) is 3. The van der Waals surface area contributed by atoms with E-state index in [2.05, 4.69) is 13.8 Å². The first-order chi connectivity index (χ1) is 24.0. The van der Waals surface area contributed by atoms with Gasteiger partial charge >= 0.3 is 0 Å². The molecule has 0 aliphatic rings. The fourth-order valence-electron chi connectivity index (χ4n) is 7.86. The van der Waals surface area contributed by atoms with Gasteiger partial charge in [-0.25, -0.2) is 0 Å². The van der Waals surface area contributed by atoms with E-state index >= 15 is 0 Å². The standard InChI is InChI=1S/C46H95NO2.ClH/c1-3-5-7-9-11-13-15-17-19-21-23-25-27-29-31-33-35-37-39-41-43-45(46(47,48)49)44-42-40-38-36-34-32-30-28-26-24-22-20-18-16-14-12-10-8-6-4-2;/h45,48-49H,3-44,47H2,1-2H3;1H. The van der Waals surface area contributed by atoms with Crippen LogP contribution in [-0.4, -0.2) is 16.1 Å². The Balaban J connectivity index is 0. The molecule has 304 valence electrons. The van der Waals surface area contributed by atoms with Gasteiger partial charge in [0.25, 0.3) is 0 Å². The summed E-state index contributed by atoms with van der Waals surface area (Å²) >= 11 is 0. The van der Waals surface area contributed by atoms with Gasteiger partial charge in [-0.3, -0.25) is 5.73 Å². The van der Waals surface area contributed by atoms with E-state index < -0.39 is 5.91 Å². The molecule has 0 saturated carbocycles. The van der Waals surface area contributed by atoms with Gasteiger partial charge in [0, 0.05) is 5.92 Å². The van der Waals surface area contributed by atoms with E-state index in [4.69, 9.17) is 5.73 Å². The third-order valence-corrected chi connectivity index (χ3v) is 11.4. The number of nitrogens with two attached hydrogens (primary N) is 1. The molecule has 0 fully saturated rings. The molecule has 3 nitrogen and oxygen atoms in total. The van der Waals surface area contributed by atoms with E-state index in [1.807, 2.05) is 0 Å². The highest BCUT2D eigenvalue weighted by molar-refractivity contribution is 5.85. The molecule has 0 aromatic carbocycles. The Kier molecular flexibility index (Phi) is 45.6. The Bertz CT molecular complexity index is 551. The van der Waals surface area contributed by atoms with Crippen LogP contribution in [-0.2, 0) is 0 Å². The van der Waals surface area contributed by atoms with Gasteiger partial charge in [-0.2, -0.15) is 0 Å². The fraction of sp³-hybridized carbons (Fsp3) is 1.00. The molecule has 0 unspecified atom stereocenters. The number of unbranched alkanes of at least 4 members (excludes halogenated alkanes) is 38. The van der Waals surface area contributed by atoms with Crippen LogP contribution in [0, 0.1) is 5.92 Å². The fourth-order valence-corrected chi connectivity index (χ4v) is 7.86. The summed E-state index contributed by atoms with van der Waals surface area (Å²) in [4.78, 5) is 0. The van der Waals surface area contributed by atoms with E-state index in [1.54, 1.807) is 0 Å². The highest BCUT2D eigenvalue weighted by Crippen LogP contribution is 2.25. The summed E-state index contributed by atoms with van der Waals surface area (Å²) in [5, 5.41) is 20.3. The van der Waals surface area contributed by atoms with Crippen molar-refractivity contribution in [3.8, 4) is 0 Å². The molecule has 0 aliphatic heterocycles. The second-order valence-corrected chi connectivity index (χ2v) is 16.5. The summed E-state index contributed by atoms with van der Waals surface area (Å²) in [6, 6.07) is 0. The van der Waals surface area contributed by atoms with Gasteiger partial charge in [-0.15, -0.1) is 12.4 Å². The van der Waals surface area contributed by atoms with Crippen LogP contribution in [0.2, 0.25) is 0 Å². The van der Waals surface area contributed by atoms with Gasteiger partial charge in [0.1, 0.15) is 0 Å². The summed E-state index contributed by atoms with van der Waals surface area (Å²) in [5.41, 5.74) is 5.76. The van der Waals surface area contributed by atoms with Crippen LogP contribution in [0.1, 0.15) is 284 Å². The molecular weight excluding hydrogens is 634 g/mol. The van der Waals surface area contributed by atoms with Crippen LogP contribution >= 0.6 is 12.4 Å². The highest BCUT2D eigenvalue weighted by Gasteiger charge is 2.28. The van der Waals surface area contributed by atoms with Gasteiger partial charge < -0.3 is 10.2 Å².